The van der Waals surface area contributed by atoms with E-state index in [1.54, 1.807) is 0 Å². The average Bonchev–Trinajstić information content (AvgIpc) is 2.14. The highest BCUT2D eigenvalue weighted by molar-refractivity contribution is 4.89. The number of hydrogen-bond acceptors (Lipinski definition) is 2. The summed E-state index contributed by atoms with van der Waals surface area (Å²) in [7, 11) is 0. The summed E-state index contributed by atoms with van der Waals surface area (Å²) in [6.07, 6.45) is 7.72. The lowest BCUT2D eigenvalue weighted by atomic mass is 9.94. The molecule has 0 saturated carbocycles. The van der Waals surface area contributed by atoms with Gasteiger partial charge in [0.25, 0.3) is 0 Å². The van der Waals surface area contributed by atoms with Crippen molar-refractivity contribution in [3.63, 3.8) is 0 Å². The van der Waals surface area contributed by atoms with Crippen molar-refractivity contribution in [2.45, 2.75) is 38.6 Å². The molecule has 0 bridgehead atoms. The van der Waals surface area contributed by atoms with Crippen LogP contribution in [-0.2, 0) is 0 Å². The van der Waals surface area contributed by atoms with Gasteiger partial charge in [-0.2, -0.15) is 0 Å². The molecule has 0 atom stereocenters. The smallest absolute Gasteiger partial charge is 0.0613 e. The lowest BCUT2D eigenvalue weighted by molar-refractivity contribution is 0.152. The zero-order chi connectivity index (χ0) is 9.45. The van der Waals surface area contributed by atoms with Gasteiger partial charge < -0.3 is 10.4 Å². The molecule has 0 aromatic rings. The van der Waals surface area contributed by atoms with Crippen LogP contribution in [0.5, 0.6) is 0 Å². The van der Waals surface area contributed by atoms with E-state index in [-0.39, 0.29) is 12.1 Å². The van der Waals surface area contributed by atoms with Gasteiger partial charge >= 0.3 is 0 Å². The molecular formula is C10H19NO. The van der Waals surface area contributed by atoms with Crippen LogP contribution in [-0.4, -0.2) is 23.8 Å². The highest BCUT2D eigenvalue weighted by Crippen LogP contribution is 2.13. The molecule has 0 amide bonds. The molecule has 0 spiro atoms. The van der Waals surface area contributed by atoms with Crippen LogP contribution in [0.1, 0.15) is 33.1 Å². The Morgan fingerprint density at radius 1 is 1.42 bits per heavy atom. The average molecular weight is 169 g/mol. The third kappa shape index (κ3) is 3.25. The molecular weight excluding hydrogens is 150 g/mol. The standard InChI is InChI=1S/C10H19NO/c1-4-7-8-11-10(5-2,6-3)9-12/h1,11-12H,5-9H2,2-3H3. The number of terminal acetylenes is 1. The van der Waals surface area contributed by atoms with Crippen molar-refractivity contribution in [2.75, 3.05) is 13.2 Å². The lowest BCUT2D eigenvalue weighted by Crippen LogP contribution is -2.47. The largest absolute Gasteiger partial charge is 0.394 e. The predicted molar refractivity (Wildman–Crippen MR) is 51.9 cm³/mol. The van der Waals surface area contributed by atoms with E-state index in [9.17, 15) is 0 Å². The third-order valence-electron chi connectivity index (χ3n) is 2.43. The second-order valence-electron chi connectivity index (χ2n) is 3.03. The Balaban J connectivity index is 3.86. The Morgan fingerprint density at radius 2 is 2.00 bits per heavy atom. The van der Waals surface area contributed by atoms with E-state index in [0.29, 0.717) is 0 Å². The van der Waals surface area contributed by atoms with Crippen molar-refractivity contribution in [3.8, 4) is 12.3 Å². The van der Waals surface area contributed by atoms with Gasteiger partial charge in [-0.25, -0.2) is 0 Å². The Bertz CT molecular complexity index is 136. The molecule has 0 heterocycles. The van der Waals surface area contributed by atoms with Crippen LogP contribution >= 0.6 is 0 Å². The second kappa shape index (κ2) is 6.05. The highest BCUT2D eigenvalue weighted by atomic mass is 16.3. The summed E-state index contributed by atoms with van der Waals surface area (Å²) in [5.74, 6) is 2.57. The number of hydrogen-bond donors (Lipinski definition) is 2. The summed E-state index contributed by atoms with van der Waals surface area (Å²) in [4.78, 5) is 0. The van der Waals surface area contributed by atoms with Gasteiger partial charge in [-0.05, 0) is 12.8 Å². The maximum atomic E-state index is 9.16. The zero-order valence-corrected chi connectivity index (χ0v) is 8.06. The van der Waals surface area contributed by atoms with Gasteiger partial charge in [0.05, 0.1) is 6.61 Å². The van der Waals surface area contributed by atoms with Crippen LogP contribution in [0.4, 0.5) is 0 Å². The number of nitrogens with one attached hydrogen (secondary N) is 1. The van der Waals surface area contributed by atoms with Crippen LogP contribution in [0.25, 0.3) is 0 Å². The Kier molecular flexibility index (Phi) is 5.79. The minimum atomic E-state index is -0.114. The molecule has 0 radical (unpaired) electrons. The summed E-state index contributed by atoms with van der Waals surface area (Å²) in [5.41, 5.74) is -0.114. The highest BCUT2D eigenvalue weighted by Gasteiger charge is 2.23. The summed E-state index contributed by atoms with van der Waals surface area (Å²) in [5, 5.41) is 12.5. The first-order valence-corrected chi connectivity index (χ1v) is 4.54. The van der Waals surface area contributed by atoms with Crippen molar-refractivity contribution in [3.05, 3.63) is 0 Å². The van der Waals surface area contributed by atoms with Gasteiger partial charge in [0.15, 0.2) is 0 Å². The van der Waals surface area contributed by atoms with E-state index >= 15 is 0 Å². The van der Waals surface area contributed by atoms with Crippen molar-refractivity contribution in [1.29, 1.82) is 0 Å². The molecule has 0 saturated heterocycles. The first-order valence-electron chi connectivity index (χ1n) is 4.54. The van der Waals surface area contributed by atoms with Crippen LogP contribution in [0.3, 0.4) is 0 Å². The number of rotatable bonds is 6. The lowest BCUT2D eigenvalue weighted by Gasteiger charge is -2.30. The van der Waals surface area contributed by atoms with E-state index < -0.39 is 0 Å². The molecule has 0 aromatic heterocycles. The van der Waals surface area contributed by atoms with E-state index in [4.69, 9.17) is 11.5 Å². The van der Waals surface area contributed by atoms with E-state index in [1.165, 1.54) is 0 Å². The first kappa shape index (κ1) is 11.5. The Morgan fingerprint density at radius 3 is 2.33 bits per heavy atom. The van der Waals surface area contributed by atoms with Crippen LogP contribution in [0.15, 0.2) is 0 Å². The number of aliphatic hydroxyl groups excluding tert-OH is 1. The fourth-order valence-electron chi connectivity index (χ4n) is 1.18. The van der Waals surface area contributed by atoms with Crippen LogP contribution < -0.4 is 5.32 Å². The molecule has 0 unspecified atom stereocenters. The molecule has 2 heteroatoms. The van der Waals surface area contributed by atoms with E-state index in [2.05, 4.69) is 25.1 Å². The third-order valence-corrected chi connectivity index (χ3v) is 2.43. The van der Waals surface area contributed by atoms with E-state index in [1.807, 2.05) is 0 Å². The molecule has 0 aliphatic heterocycles. The summed E-state index contributed by atoms with van der Waals surface area (Å²) in [6.45, 7) is 5.12. The van der Waals surface area contributed by atoms with Gasteiger partial charge in [-0.3, -0.25) is 0 Å². The van der Waals surface area contributed by atoms with E-state index in [0.717, 1.165) is 25.8 Å². The first-order chi connectivity index (χ1) is 5.74. The topological polar surface area (TPSA) is 32.3 Å². The van der Waals surface area contributed by atoms with Crippen molar-refractivity contribution in [2.24, 2.45) is 0 Å². The monoisotopic (exact) mass is 169 g/mol. The zero-order valence-electron chi connectivity index (χ0n) is 8.06. The van der Waals surface area contributed by atoms with Gasteiger partial charge in [0, 0.05) is 18.5 Å². The van der Waals surface area contributed by atoms with Crippen LogP contribution in [0, 0.1) is 12.3 Å². The SMILES string of the molecule is C#CCCNC(CC)(CC)CO. The van der Waals surface area contributed by atoms with Gasteiger partial charge in [0.1, 0.15) is 0 Å². The Labute approximate surface area is 75.4 Å². The number of aliphatic hydroxyl groups is 1. The van der Waals surface area contributed by atoms with Gasteiger partial charge in [-0.15, -0.1) is 12.3 Å². The van der Waals surface area contributed by atoms with Crippen molar-refractivity contribution in [1.82, 2.24) is 5.32 Å². The fraction of sp³-hybridized carbons (Fsp3) is 0.800. The molecule has 70 valence electrons. The van der Waals surface area contributed by atoms with Crippen molar-refractivity contribution < 1.29 is 5.11 Å². The van der Waals surface area contributed by atoms with Crippen LogP contribution in [0.2, 0.25) is 0 Å². The van der Waals surface area contributed by atoms with Crippen molar-refractivity contribution >= 4 is 0 Å². The molecule has 0 aliphatic carbocycles. The summed E-state index contributed by atoms with van der Waals surface area (Å²) < 4.78 is 0. The maximum absolute atomic E-state index is 9.16. The molecule has 0 aromatic carbocycles. The summed E-state index contributed by atoms with van der Waals surface area (Å²) in [6, 6.07) is 0. The predicted octanol–water partition coefficient (Wildman–Crippen LogP) is 1.15. The molecule has 0 fully saturated rings. The second-order valence-corrected chi connectivity index (χ2v) is 3.03. The minimum absolute atomic E-state index is 0.114. The Hall–Kier alpha value is -0.520. The van der Waals surface area contributed by atoms with Gasteiger partial charge in [0.2, 0.25) is 0 Å². The minimum Gasteiger partial charge on any atom is -0.394 e. The fourth-order valence-corrected chi connectivity index (χ4v) is 1.18. The summed E-state index contributed by atoms with van der Waals surface area (Å²) >= 11 is 0. The molecule has 0 rings (SSSR count). The molecule has 2 nitrogen and oxygen atoms in total. The maximum Gasteiger partial charge on any atom is 0.0613 e. The molecule has 0 aliphatic rings. The quantitative estimate of drug-likeness (QED) is 0.462. The molecule has 2 N–H and O–H groups in total. The molecule has 12 heavy (non-hydrogen) atoms. The normalized spacial score (nSPS) is 11.2. The van der Waals surface area contributed by atoms with Gasteiger partial charge in [-0.1, -0.05) is 13.8 Å².